The van der Waals surface area contributed by atoms with E-state index in [9.17, 15) is 35.9 Å². The zero-order valence-corrected chi connectivity index (χ0v) is 23.3. The molecule has 0 amide bonds. The predicted octanol–water partition coefficient (Wildman–Crippen LogP) is 6.78. The molecule has 3 heterocycles. The van der Waals surface area contributed by atoms with E-state index < -0.39 is 101 Å². The minimum Gasteiger partial charge on any atom is -0.393 e. The van der Waals surface area contributed by atoms with Gasteiger partial charge in [0.15, 0.2) is 0 Å². The summed E-state index contributed by atoms with van der Waals surface area (Å²) in [7, 11) is 0. The molecule has 1 aliphatic carbocycles. The van der Waals surface area contributed by atoms with E-state index in [1.807, 2.05) is 0 Å². The van der Waals surface area contributed by atoms with Crippen molar-refractivity contribution in [3.8, 4) is 0 Å². The quantitative estimate of drug-likeness (QED) is 0.211. The van der Waals surface area contributed by atoms with Gasteiger partial charge in [-0.1, -0.05) is 20.8 Å². The maximum absolute atomic E-state index is 15.5. The number of cyclic esters (lactones) is 2. The molecule has 0 N–H and O–H groups in total. The Bertz CT molecular complexity index is 1010. The number of fused-ring (bicyclic) bond motifs is 2. The van der Waals surface area contributed by atoms with Crippen molar-refractivity contribution in [2.45, 2.75) is 110 Å². The molecule has 224 valence electrons. The lowest BCUT2D eigenvalue weighted by atomic mass is 9.61. The normalized spacial score (nSPS) is 41.7. The van der Waals surface area contributed by atoms with Gasteiger partial charge in [-0.3, -0.25) is 9.59 Å². The van der Waals surface area contributed by atoms with Crippen LogP contribution in [0.1, 0.15) is 74.7 Å². The van der Waals surface area contributed by atoms with Crippen molar-refractivity contribution in [3.63, 3.8) is 0 Å². The molecule has 0 spiro atoms. The number of hydrogen-bond donors (Lipinski definition) is 0. The molecular weight excluding hydrogens is 537 g/mol. The van der Waals surface area contributed by atoms with E-state index in [4.69, 9.17) is 14.2 Å². The third-order valence-electron chi connectivity index (χ3n) is 10.0. The van der Waals surface area contributed by atoms with Crippen LogP contribution in [-0.2, 0) is 23.8 Å². The summed E-state index contributed by atoms with van der Waals surface area (Å²) in [5, 5.41) is 0. The topological polar surface area (TPSA) is 61.8 Å². The van der Waals surface area contributed by atoms with Crippen molar-refractivity contribution in [1.29, 1.82) is 0 Å². The van der Waals surface area contributed by atoms with Crippen LogP contribution in [0, 0.1) is 46.8 Å². The molecule has 4 fully saturated rings. The fourth-order valence-electron chi connectivity index (χ4n) is 8.53. The lowest BCUT2D eigenvalue weighted by Crippen LogP contribution is -2.63. The molecule has 3 saturated heterocycles. The van der Waals surface area contributed by atoms with Crippen LogP contribution in [0.4, 0.5) is 30.7 Å². The Labute approximate surface area is 223 Å². The standard InChI is InChI=1S/C27H37F7O5/c1-12-14-9-15(23(6,7)39-24(14,8)28)17(12)18-13(19(35)37-20(18)36)10-21(2,3)16-11-22(4,5)38-25(16,26(29,30)31)27(32,33)34/h12-18H,9-11H2,1-8H3. The molecule has 2 bridgehead atoms. The van der Waals surface area contributed by atoms with Crippen LogP contribution in [-0.4, -0.2) is 46.9 Å². The van der Waals surface area contributed by atoms with Crippen LogP contribution in [0.2, 0.25) is 0 Å². The highest BCUT2D eigenvalue weighted by Crippen LogP contribution is 2.66. The van der Waals surface area contributed by atoms with Crippen molar-refractivity contribution in [1.82, 2.24) is 0 Å². The van der Waals surface area contributed by atoms with E-state index in [1.54, 1.807) is 20.8 Å². The summed E-state index contributed by atoms with van der Waals surface area (Å²) in [5.74, 6) is -10.5. The fraction of sp³-hybridized carbons (Fsp3) is 0.926. The molecule has 0 aromatic rings. The number of halogens is 7. The molecule has 5 nitrogen and oxygen atoms in total. The van der Waals surface area contributed by atoms with Gasteiger partial charge in [0.05, 0.1) is 23.0 Å². The van der Waals surface area contributed by atoms with E-state index in [1.165, 1.54) is 34.6 Å². The monoisotopic (exact) mass is 574 g/mol. The van der Waals surface area contributed by atoms with Gasteiger partial charge in [-0.2, -0.15) is 26.3 Å². The van der Waals surface area contributed by atoms with Gasteiger partial charge in [-0.15, -0.1) is 0 Å². The van der Waals surface area contributed by atoms with Crippen LogP contribution in [0.15, 0.2) is 0 Å². The van der Waals surface area contributed by atoms with Gasteiger partial charge in [0.2, 0.25) is 5.85 Å². The number of hydrogen-bond acceptors (Lipinski definition) is 5. The third-order valence-corrected chi connectivity index (χ3v) is 10.0. The van der Waals surface area contributed by atoms with Crippen molar-refractivity contribution in [2.24, 2.45) is 46.8 Å². The second-order valence-corrected chi connectivity index (χ2v) is 14.0. The average Bonchev–Trinajstić information content (AvgIpc) is 3.29. The maximum atomic E-state index is 15.5. The van der Waals surface area contributed by atoms with Crippen molar-refractivity contribution in [2.75, 3.05) is 0 Å². The van der Waals surface area contributed by atoms with Gasteiger partial charge in [-0.05, 0) is 77.0 Å². The Morgan fingerprint density at radius 2 is 1.41 bits per heavy atom. The summed E-state index contributed by atoms with van der Waals surface area (Å²) >= 11 is 0. The number of carbonyl (C=O) groups is 2. The maximum Gasteiger partial charge on any atom is 0.426 e. The Hall–Kier alpha value is -1.43. The molecule has 4 rings (SSSR count). The molecule has 8 unspecified atom stereocenters. The summed E-state index contributed by atoms with van der Waals surface area (Å²) in [4.78, 5) is 26.1. The lowest BCUT2D eigenvalue weighted by Gasteiger charge is -2.46. The SMILES string of the molecule is CC1C(C2C(=O)OC(=O)C2CC(C)(C)C2CC(C)(C)OC2(C(F)(F)F)C(F)(F)F)C2CC1C(C)(F)OC2(C)C. The van der Waals surface area contributed by atoms with Crippen molar-refractivity contribution >= 4 is 11.9 Å². The molecule has 39 heavy (non-hydrogen) atoms. The van der Waals surface area contributed by atoms with E-state index in [-0.39, 0.29) is 5.92 Å². The first-order valence-corrected chi connectivity index (χ1v) is 13.3. The van der Waals surface area contributed by atoms with Gasteiger partial charge in [-0.25, -0.2) is 4.39 Å². The van der Waals surface area contributed by atoms with Crippen molar-refractivity contribution in [3.05, 3.63) is 0 Å². The van der Waals surface area contributed by atoms with Gasteiger partial charge in [0.1, 0.15) is 0 Å². The number of rotatable bonds is 4. The molecule has 12 heteroatoms. The highest BCUT2D eigenvalue weighted by Gasteiger charge is 2.81. The Morgan fingerprint density at radius 3 is 1.92 bits per heavy atom. The smallest absolute Gasteiger partial charge is 0.393 e. The van der Waals surface area contributed by atoms with Crippen molar-refractivity contribution < 1.29 is 54.5 Å². The highest BCUT2D eigenvalue weighted by atomic mass is 19.4. The fourth-order valence-corrected chi connectivity index (χ4v) is 8.53. The van der Waals surface area contributed by atoms with Crippen LogP contribution < -0.4 is 0 Å². The summed E-state index contributed by atoms with van der Waals surface area (Å²) in [5.41, 5.74) is -9.03. The molecule has 3 aliphatic heterocycles. The molecule has 0 radical (unpaired) electrons. The average molecular weight is 575 g/mol. The summed E-state index contributed by atoms with van der Waals surface area (Å²) in [6, 6.07) is 0. The highest BCUT2D eigenvalue weighted by molar-refractivity contribution is 5.96. The van der Waals surface area contributed by atoms with E-state index >= 15 is 4.39 Å². The second-order valence-electron chi connectivity index (χ2n) is 14.0. The first-order chi connectivity index (χ1) is 17.3. The summed E-state index contributed by atoms with van der Waals surface area (Å²) in [6.07, 6.45) is -12.3. The zero-order valence-electron chi connectivity index (χ0n) is 23.3. The summed E-state index contributed by atoms with van der Waals surface area (Å²) < 4.78 is 117. The second kappa shape index (κ2) is 8.55. The molecule has 0 aromatic carbocycles. The summed E-state index contributed by atoms with van der Waals surface area (Å²) in [6.45, 7) is 11.2. The van der Waals surface area contributed by atoms with E-state index in [2.05, 4.69) is 0 Å². The number of alkyl halides is 7. The predicted molar refractivity (Wildman–Crippen MR) is 124 cm³/mol. The Morgan fingerprint density at radius 1 is 0.872 bits per heavy atom. The molecular formula is C27H37F7O5. The van der Waals surface area contributed by atoms with Crippen LogP contribution >= 0.6 is 0 Å². The number of esters is 2. The first kappa shape index (κ1) is 30.5. The number of carbonyl (C=O) groups excluding carboxylic acids is 2. The lowest BCUT2D eigenvalue weighted by molar-refractivity contribution is -0.398. The zero-order chi connectivity index (χ0) is 29.9. The van der Waals surface area contributed by atoms with E-state index in [0.29, 0.717) is 6.42 Å². The largest absolute Gasteiger partial charge is 0.426 e. The van der Waals surface area contributed by atoms with Crippen LogP contribution in [0.25, 0.3) is 0 Å². The molecule has 4 aliphatic rings. The van der Waals surface area contributed by atoms with Gasteiger partial charge < -0.3 is 14.2 Å². The molecule has 0 aromatic heterocycles. The first-order valence-electron chi connectivity index (χ1n) is 13.3. The van der Waals surface area contributed by atoms with Gasteiger partial charge >= 0.3 is 24.3 Å². The Kier molecular flexibility index (Phi) is 6.69. The van der Waals surface area contributed by atoms with Gasteiger partial charge in [0, 0.05) is 11.8 Å². The third kappa shape index (κ3) is 4.50. The van der Waals surface area contributed by atoms with Crippen LogP contribution in [0.5, 0.6) is 0 Å². The van der Waals surface area contributed by atoms with E-state index in [0.717, 1.165) is 0 Å². The van der Waals surface area contributed by atoms with Gasteiger partial charge in [0.25, 0.3) is 5.60 Å². The molecule has 1 saturated carbocycles. The minimum atomic E-state index is -5.80. The molecule has 8 atom stereocenters. The number of ether oxygens (including phenoxy) is 3. The van der Waals surface area contributed by atoms with Crippen LogP contribution in [0.3, 0.4) is 0 Å². The Balaban J connectivity index is 1.75. The minimum absolute atomic E-state index is 0.357.